The molecule has 21 heavy (non-hydrogen) atoms. The molecule has 1 aromatic carbocycles. The fraction of sp³-hybridized carbons (Fsp3) is 0.235. The van der Waals surface area contributed by atoms with Crippen LogP contribution < -0.4 is 5.32 Å². The Morgan fingerprint density at radius 3 is 3.00 bits per heavy atom. The Morgan fingerprint density at radius 2 is 2.14 bits per heavy atom. The van der Waals surface area contributed by atoms with Crippen molar-refractivity contribution in [1.82, 2.24) is 10.3 Å². The summed E-state index contributed by atoms with van der Waals surface area (Å²) in [4.78, 5) is 4.61. The highest BCUT2D eigenvalue weighted by atomic mass is 32.1. The van der Waals surface area contributed by atoms with Crippen LogP contribution in [0, 0.1) is 0 Å². The smallest absolute Gasteiger partial charge is 0.163 e. The molecule has 0 aliphatic heterocycles. The van der Waals surface area contributed by atoms with Crippen LogP contribution in [0.2, 0.25) is 0 Å². The average Bonchev–Trinajstić information content (AvgIpc) is 3.04. The number of hydrogen-bond acceptors (Lipinski definition) is 4. The van der Waals surface area contributed by atoms with Crippen molar-refractivity contribution in [2.75, 3.05) is 6.54 Å². The van der Waals surface area contributed by atoms with E-state index in [4.69, 9.17) is 4.42 Å². The van der Waals surface area contributed by atoms with Crippen molar-refractivity contribution in [2.45, 2.75) is 18.9 Å². The zero-order valence-electron chi connectivity index (χ0n) is 11.6. The van der Waals surface area contributed by atoms with Gasteiger partial charge in [-0.3, -0.25) is 0 Å². The molecule has 1 saturated carbocycles. The first-order valence-corrected chi connectivity index (χ1v) is 8.06. The van der Waals surface area contributed by atoms with Gasteiger partial charge >= 0.3 is 0 Å². The Hall–Kier alpha value is -1.91. The molecule has 0 bridgehead atoms. The molecule has 2 aromatic heterocycles. The number of hydrogen-bond donors (Lipinski definition) is 1. The molecule has 0 saturated heterocycles. The predicted octanol–water partition coefficient (Wildman–Crippen LogP) is 4.32. The number of rotatable bonds is 5. The third-order valence-electron chi connectivity index (χ3n) is 3.52. The van der Waals surface area contributed by atoms with E-state index in [1.807, 2.05) is 36.4 Å². The summed E-state index contributed by atoms with van der Waals surface area (Å²) in [6, 6.07) is 12.9. The summed E-state index contributed by atoms with van der Waals surface area (Å²) in [7, 11) is 0. The van der Waals surface area contributed by atoms with Crippen LogP contribution in [0.15, 0.2) is 46.9 Å². The van der Waals surface area contributed by atoms with E-state index in [1.54, 1.807) is 11.3 Å². The lowest BCUT2D eigenvalue weighted by Gasteiger charge is -1.94. The quantitative estimate of drug-likeness (QED) is 0.762. The van der Waals surface area contributed by atoms with E-state index in [1.165, 1.54) is 17.5 Å². The second-order valence-corrected chi connectivity index (χ2v) is 6.30. The van der Waals surface area contributed by atoms with E-state index in [-0.39, 0.29) is 0 Å². The molecule has 106 valence electrons. The molecule has 0 spiro atoms. The zero-order chi connectivity index (χ0) is 14.1. The van der Waals surface area contributed by atoms with E-state index >= 15 is 0 Å². The minimum atomic E-state index is 0.740. The summed E-state index contributed by atoms with van der Waals surface area (Å²) in [6.07, 6.45) is 6.76. The number of para-hydroxylation sites is 1. The second-order valence-electron chi connectivity index (χ2n) is 5.27. The molecule has 0 atom stereocenters. The van der Waals surface area contributed by atoms with Crippen molar-refractivity contribution in [1.29, 1.82) is 0 Å². The van der Waals surface area contributed by atoms with Gasteiger partial charge in [-0.25, -0.2) is 4.98 Å². The number of furan rings is 1. The summed E-state index contributed by atoms with van der Waals surface area (Å²) >= 11 is 1.66. The minimum Gasteiger partial charge on any atom is -0.454 e. The Kier molecular flexibility index (Phi) is 3.33. The SMILES string of the molecule is C(=Cc1ccc(-c2nc3ccccc3s2)o1)CNC1CC1. The molecular formula is C17H16N2OS. The van der Waals surface area contributed by atoms with Crippen LogP contribution in [0.3, 0.4) is 0 Å². The maximum Gasteiger partial charge on any atom is 0.163 e. The highest BCUT2D eigenvalue weighted by Crippen LogP contribution is 2.31. The summed E-state index contributed by atoms with van der Waals surface area (Å²) < 4.78 is 7.04. The van der Waals surface area contributed by atoms with E-state index < -0.39 is 0 Å². The van der Waals surface area contributed by atoms with Crippen LogP contribution in [0.5, 0.6) is 0 Å². The van der Waals surface area contributed by atoms with E-state index in [2.05, 4.69) is 22.4 Å². The summed E-state index contributed by atoms with van der Waals surface area (Å²) in [5.41, 5.74) is 1.03. The zero-order valence-corrected chi connectivity index (χ0v) is 12.4. The molecule has 1 aliphatic rings. The summed E-state index contributed by atoms with van der Waals surface area (Å²) in [6.45, 7) is 0.905. The van der Waals surface area contributed by atoms with Gasteiger partial charge in [0.15, 0.2) is 10.8 Å². The molecule has 0 unspecified atom stereocenters. The van der Waals surface area contributed by atoms with Gasteiger partial charge < -0.3 is 9.73 Å². The molecule has 1 aliphatic carbocycles. The third-order valence-corrected chi connectivity index (χ3v) is 4.57. The largest absolute Gasteiger partial charge is 0.454 e. The first kappa shape index (κ1) is 12.8. The van der Waals surface area contributed by atoms with Gasteiger partial charge in [-0.05, 0) is 43.2 Å². The van der Waals surface area contributed by atoms with Crippen LogP contribution in [-0.2, 0) is 0 Å². The third kappa shape index (κ3) is 2.91. The molecule has 4 heteroatoms. The average molecular weight is 296 g/mol. The topological polar surface area (TPSA) is 38.1 Å². The lowest BCUT2D eigenvalue weighted by atomic mass is 10.3. The number of thiazole rings is 1. The number of benzene rings is 1. The monoisotopic (exact) mass is 296 g/mol. The van der Waals surface area contributed by atoms with Crippen LogP contribution >= 0.6 is 11.3 Å². The lowest BCUT2D eigenvalue weighted by Crippen LogP contribution is -2.15. The lowest BCUT2D eigenvalue weighted by molar-refractivity contribution is 0.571. The fourth-order valence-electron chi connectivity index (χ4n) is 2.23. The van der Waals surface area contributed by atoms with E-state index in [0.717, 1.165) is 34.6 Å². The van der Waals surface area contributed by atoms with Gasteiger partial charge in [0, 0.05) is 12.6 Å². The van der Waals surface area contributed by atoms with Gasteiger partial charge in [-0.2, -0.15) is 0 Å². The standard InChI is InChI=1S/C17H16N2OS/c1-2-6-16-14(5-1)19-17(21-16)15-10-9-13(20-15)4-3-11-18-12-7-8-12/h1-6,9-10,12,18H,7-8,11H2. The molecule has 0 amide bonds. The number of nitrogens with zero attached hydrogens (tertiary/aromatic N) is 1. The number of fused-ring (bicyclic) bond motifs is 1. The van der Waals surface area contributed by atoms with Crippen molar-refractivity contribution >= 4 is 27.6 Å². The van der Waals surface area contributed by atoms with Crippen molar-refractivity contribution in [3.63, 3.8) is 0 Å². The molecule has 1 fully saturated rings. The van der Waals surface area contributed by atoms with Gasteiger partial charge in [-0.15, -0.1) is 11.3 Å². The van der Waals surface area contributed by atoms with Gasteiger partial charge in [0.05, 0.1) is 10.2 Å². The van der Waals surface area contributed by atoms with Gasteiger partial charge in [-0.1, -0.05) is 18.2 Å². The van der Waals surface area contributed by atoms with Gasteiger partial charge in [0.25, 0.3) is 0 Å². The van der Waals surface area contributed by atoms with E-state index in [0.29, 0.717) is 0 Å². The van der Waals surface area contributed by atoms with Crippen molar-refractivity contribution in [3.05, 3.63) is 48.2 Å². The Labute approximate surface area is 127 Å². The van der Waals surface area contributed by atoms with Crippen molar-refractivity contribution in [2.24, 2.45) is 0 Å². The first-order valence-electron chi connectivity index (χ1n) is 7.24. The van der Waals surface area contributed by atoms with Crippen LogP contribution in [0.4, 0.5) is 0 Å². The van der Waals surface area contributed by atoms with E-state index in [9.17, 15) is 0 Å². The molecule has 1 N–H and O–H groups in total. The molecular weight excluding hydrogens is 280 g/mol. The highest BCUT2D eigenvalue weighted by Gasteiger charge is 2.19. The fourth-order valence-corrected chi connectivity index (χ4v) is 3.16. The second kappa shape index (κ2) is 5.47. The van der Waals surface area contributed by atoms with Crippen LogP contribution in [0.1, 0.15) is 18.6 Å². The molecule has 3 nitrogen and oxygen atoms in total. The Bertz CT molecular complexity index is 750. The number of aromatic nitrogens is 1. The highest BCUT2D eigenvalue weighted by molar-refractivity contribution is 7.21. The number of nitrogens with one attached hydrogen (secondary N) is 1. The van der Waals surface area contributed by atoms with Crippen molar-refractivity contribution < 1.29 is 4.42 Å². The molecule has 0 radical (unpaired) electrons. The predicted molar refractivity (Wildman–Crippen MR) is 87.4 cm³/mol. The van der Waals surface area contributed by atoms with Crippen LogP contribution in [0.25, 0.3) is 27.1 Å². The van der Waals surface area contributed by atoms with Crippen LogP contribution in [-0.4, -0.2) is 17.6 Å². The Balaban J connectivity index is 1.50. The summed E-state index contributed by atoms with van der Waals surface area (Å²) in [5.74, 6) is 1.72. The molecule has 4 rings (SSSR count). The molecule has 2 heterocycles. The maximum absolute atomic E-state index is 5.86. The van der Waals surface area contributed by atoms with Crippen molar-refractivity contribution in [3.8, 4) is 10.8 Å². The Morgan fingerprint density at radius 1 is 1.24 bits per heavy atom. The maximum atomic E-state index is 5.86. The minimum absolute atomic E-state index is 0.740. The normalized spacial score (nSPS) is 15.2. The molecule has 3 aromatic rings. The summed E-state index contributed by atoms with van der Waals surface area (Å²) in [5, 5.41) is 4.38. The van der Waals surface area contributed by atoms with Gasteiger partial charge in [0.1, 0.15) is 5.76 Å². The first-order chi connectivity index (χ1) is 10.4. The van der Waals surface area contributed by atoms with Gasteiger partial charge in [0.2, 0.25) is 0 Å².